The summed E-state index contributed by atoms with van der Waals surface area (Å²) in [6.07, 6.45) is 1.23. The zero-order valence-corrected chi connectivity index (χ0v) is 10.4. The van der Waals surface area contributed by atoms with E-state index in [0.29, 0.717) is 0 Å². The minimum absolute atomic E-state index is 0.731. The highest BCUT2D eigenvalue weighted by Gasteiger charge is 2.12. The third-order valence-corrected chi connectivity index (χ3v) is 3.15. The molecule has 0 aliphatic carbocycles. The lowest BCUT2D eigenvalue weighted by molar-refractivity contribution is 0.266. The van der Waals surface area contributed by atoms with Gasteiger partial charge in [0, 0.05) is 19.6 Å². The Labute approximate surface area is 103 Å². The molecule has 1 aromatic rings. The molecule has 1 aromatic heterocycles. The van der Waals surface area contributed by atoms with E-state index in [2.05, 4.69) is 33.3 Å². The zero-order chi connectivity index (χ0) is 12.1. The smallest absolute Gasteiger partial charge is 0.140 e. The molecule has 5 nitrogen and oxygen atoms in total. The second kappa shape index (κ2) is 5.95. The molecule has 2 heterocycles. The van der Waals surface area contributed by atoms with Gasteiger partial charge in [-0.3, -0.25) is 4.90 Å². The van der Waals surface area contributed by atoms with Crippen LogP contribution in [0.2, 0.25) is 0 Å². The third-order valence-electron chi connectivity index (χ3n) is 3.15. The topological polar surface area (TPSA) is 57.4 Å². The molecule has 94 valence electrons. The second-order valence-electron chi connectivity index (χ2n) is 4.59. The average molecular weight is 235 g/mol. The van der Waals surface area contributed by atoms with Crippen molar-refractivity contribution < 1.29 is 0 Å². The van der Waals surface area contributed by atoms with Gasteiger partial charge in [-0.05, 0) is 38.7 Å². The first-order chi connectivity index (χ1) is 8.28. The monoisotopic (exact) mass is 235 g/mol. The minimum Gasteiger partial charge on any atom is -0.308 e. The van der Waals surface area contributed by atoms with Crippen molar-refractivity contribution in [1.29, 1.82) is 0 Å². The summed E-state index contributed by atoms with van der Waals surface area (Å²) in [6.45, 7) is 5.48. The van der Waals surface area contributed by atoms with Crippen molar-refractivity contribution >= 4 is 5.82 Å². The highest BCUT2D eigenvalue weighted by molar-refractivity contribution is 5.33. The Hall–Kier alpha value is -1.17. The summed E-state index contributed by atoms with van der Waals surface area (Å²) in [5.41, 5.74) is 3.66. The fourth-order valence-electron chi connectivity index (χ4n) is 2.14. The maximum atomic E-state index is 5.36. The number of anilines is 1. The van der Waals surface area contributed by atoms with E-state index >= 15 is 0 Å². The number of hydrogen-bond acceptors (Lipinski definition) is 5. The fourth-order valence-corrected chi connectivity index (χ4v) is 2.14. The van der Waals surface area contributed by atoms with Crippen molar-refractivity contribution in [3.63, 3.8) is 0 Å². The molecule has 1 saturated heterocycles. The predicted octanol–water partition coefficient (Wildman–Crippen LogP) is 0.505. The Morgan fingerprint density at radius 2 is 2.18 bits per heavy atom. The molecule has 3 N–H and O–H groups in total. The third kappa shape index (κ3) is 3.66. The van der Waals surface area contributed by atoms with Gasteiger partial charge in [-0.2, -0.15) is 0 Å². The number of likely N-dealkylation sites (N-methyl/N-ethyl adjacent to an activating group) is 1. The van der Waals surface area contributed by atoms with Crippen molar-refractivity contribution in [2.24, 2.45) is 5.84 Å². The lowest BCUT2D eigenvalue weighted by atomic mass is 10.3. The number of nitrogens with zero attached hydrogens (tertiary/aromatic N) is 3. The van der Waals surface area contributed by atoms with Crippen LogP contribution in [0.4, 0.5) is 5.82 Å². The number of nitrogen functional groups attached to an aromatic ring is 1. The molecule has 1 fully saturated rings. The first-order valence-electron chi connectivity index (χ1n) is 6.11. The Bertz CT molecular complexity index is 355. The molecule has 2 rings (SSSR count). The van der Waals surface area contributed by atoms with Gasteiger partial charge in [0.15, 0.2) is 0 Å². The molecular formula is C12H21N5. The van der Waals surface area contributed by atoms with Gasteiger partial charge in [0.1, 0.15) is 5.82 Å². The number of nitrogens with two attached hydrogens (primary N) is 1. The van der Waals surface area contributed by atoms with Crippen LogP contribution in [-0.2, 0) is 6.54 Å². The Morgan fingerprint density at radius 1 is 1.29 bits per heavy atom. The van der Waals surface area contributed by atoms with Gasteiger partial charge in [0.05, 0.1) is 5.69 Å². The second-order valence-corrected chi connectivity index (χ2v) is 4.59. The van der Waals surface area contributed by atoms with Crippen LogP contribution in [0.1, 0.15) is 12.1 Å². The van der Waals surface area contributed by atoms with E-state index < -0.39 is 0 Å². The van der Waals surface area contributed by atoms with Crippen LogP contribution in [0.15, 0.2) is 18.2 Å². The molecular weight excluding hydrogens is 214 g/mol. The standard InChI is InChI=1S/C12H21N5/c1-16-6-3-7-17(9-8-16)10-11-4-2-5-12(14-11)15-13/h2,4-5H,3,6-10,13H2,1H3,(H,14,15). The van der Waals surface area contributed by atoms with E-state index in [1.807, 2.05) is 12.1 Å². The van der Waals surface area contributed by atoms with Gasteiger partial charge < -0.3 is 10.3 Å². The maximum Gasteiger partial charge on any atom is 0.140 e. The van der Waals surface area contributed by atoms with E-state index in [1.54, 1.807) is 0 Å². The largest absolute Gasteiger partial charge is 0.308 e. The van der Waals surface area contributed by atoms with Crippen molar-refractivity contribution in [3.8, 4) is 0 Å². The van der Waals surface area contributed by atoms with E-state index in [-0.39, 0.29) is 0 Å². The molecule has 0 bridgehead atoms. The van der Waals surface area contributed by atoms with Crippen LogP contribution < -0.4 is 11.3 Å². The summed E-state index contributed by atoms with van der Waals surface area (Å²) in [5, 5.41) is 0. The van der Waals surface area contributed by atoms with Crippen molar-refractivity contribution in [1.82, 2.24) is 14.8 Å². The summed E-state index contributed by atoms with van der Waals surface area (Å²) in [4.78, 5) is 9.27. The Morgan fingerprint density at radius 3 is 3.00 bits per heavy atom. The summed E-state index contributed by atoms with van der Waals surface area (Å²) in [7, 11) is 2.18. The Kier molecular flexibility index (Phi) is 4.30. The van der Waals surface area contributed by atoms with E-state index in [9.17, 15) is 0 Å². The van der Waals surface area contributed by atoms with Crippen LogP contribution in [-0.4, -0.2) is 48.0 Å². The summed E-state index contributed by atoms with van der Waals surface area (Å²) < 4.78 is 0. The molecule has 1 aliphatic heterocycles. The summed E-state index contributed by atoms with van der Waals surface area (Å²) >= 11 is 0. The molecule has 5 heteroatoms. The summed E-state index contributed by atoms with van der Waals surface area (Å²) in [6, 6.07) is 5.91. The van der Waals surface area contributed by atoms with Gasteiger partial charge >= 0.3 is 0 Å². The lowest BCUT2D eigenvalue weighted by Gasteiger charge is -2.19. The molecule has 0 amide bonds. The van der Waals surface area contributed by atoms with Gasteiger partial charge in [-0.25, -0.2) is 10.8 Å². The van der Waals surface area contributed by atoms with Crippen molar-refractivity contribution in [2.75, 3.05) is 38.7 Å². The molecule has 0 atom stereocenters. The molecule has 17 heavy (non-hydrogen) atoms. The van der Waals surface area contributed by atoms with Gasteiger partial charge in [-0.1, -0.05) is 6.07 Å². The lowest BCUT2D eigenvalue weighted by Crippen LogP contribution is -2.28. The highest BCUT2D eigenvalue weighted by atomic mass is 15.3. The predicted molar refractivity (Wildman–Crippen MR) is 69.4 cm³/mol. The molecule has 0 unspecified atom stereocenters. The van der Waals surface area contributed by atoms with Crippen LogP contribution in [0.3, 0.4) is 0 Å². The normalized spacial score (nSPS) is 18.9. The summed E-state index contributed by atoms with van der Waals surface area (Å²) in [5.74, 6) is 6.09. The highest BCUT2D eigenvalue weighted by Crippen LogP contribution is 2.08. The quantitative estimate of drug-likeness (QED) is 0.590. The van der Waals surface area contributed by atoms with Crippen molar-refractivity contribution in [3.05, 3.63) is 23.9 Å². The van der Waals surface area contributed by atoms with Gasteiger partial charge in [-0.15, -0.1) is 0 Å². The number of aromatic nitrogens is 1. The van der Waals surface area contributed by atoms with Gasteiger partial charge in [0.25, 0.3) is 0 Å². The van der Waals surface area contributed by atoms with E-state index in [0.717, 1.165) is 37.7 Å². The first-order valence-corrected chi connectivity index (χ1v) is 6.11. The molecule has 0 aromatic carbocycles. The number of nitrogens with one attached hydrogen (secondary N) is 1. The SMILES string of the molecule is CN1CCCN(Cc2cccc(NN)n2)CC1. The average Bonchev–Trinajstić information content (AvgIpc) is 2.55. The fraction of sp³-hybridized carbons (Fsp3) is 0.583. The van der Waals surface area contributed by atoms with Crippen LogP contribution in [0.25, 0.3) is 0 Å². The van der Waals surface area contributed by atoms with Crippen molar-refractivity contribution in [2.45, 2.75) is 13.0 Å². The van der Waals surface area contributed by atoms with E-state index in [4.69, 9.17) is 5.84 Å². The molecule has 1 aliphatic rings. The Balaban J connectivity index is 1.94. The number of hydrazine groups is 1. The molecule has 0 radical (unpaired) electrons. The zero-order valence-electron chi connectivity index (χ0n) is 10.4. The molecule has 0 saturated carbocycles. The maximum absolute atomic E-state index is 5.36. The number of rotatable bonds is 3. The number of hydrogen-bond donors (Lipinski definition) is 2. The van der Waals surface area contributed by atoms with Crippen LogP contribution in [0, 0.1) is 0 Å². The first kappa shape index (κ1) is 12.3. The van der Waals surface area contributed by atoms with Crippen LogP contribution >= 0.6 is 0 Å². The molecule has 0 spiro atoms. The minimum atomic E-state index is 0.731. The van der Waals surface area contributed by atoms with Gasteiger partial charge in [0.2, 0.25) is 0 Å². The van der Waals surface area contributed by atoms with Crippen LogP contribution in [0.5, 0.6) is 0 Å². The van der Waals surface area contributed by atoms with E-state index in [1.165, 1.54) is 13.0 Å². The number of pyridine rings is 1.